The van der Waals surface area contributed by atoms with Crippen molar-refractivity contribution in [3.63, 3.8) is 0 Å². The van der Waals surface area contributed by atoms with E-state index in [2.05, 4.69) is 20.2 Å². The zero-order valence-corrected chi connectivity index (χ0v) is 12.3. The average molecular weight is 305 g/mol. The monoisotopic (exact) mass is 305 g/mol. The summed E-state index contributed by atoms with van der Waals surface area (Å²) in [5, 5.41) is 6.78. The number of pyridine rings is 2. The highest BCUT2D eigenvalue weighted by atomic mass is 32.1. The first kappa shape index (κ1) is 12.8. The molecule has 0 saturated heterocycles. The quantitative estimate of drug-likeness (QED) is 0.553. The Kier molecular flexibility index (Phi) is 3.01. The van der Waals surface area contributed by atoms with Gasteiger partial charge in [-0.25, -0.2) is 9.97 Å². The second-order valence-corrected chi connectivity index (χ2v) is 5.20. The number of hydrogen-bond acceptors (Lipinski definition) is 4. The van der Waals surface area contributed by atoms with Crippen LogP contribution in [-0.4, -0.2) is 25.1 Å². The van der Waals surface area contributed by atoms with Crippen LogP contribution in [0.15, 0.2) is 54.7 Å². The Balaban J connectivity index is 2.06. The highest BCUT2D eigenvalue weighted by molar-refractivity contribution is 7.71. The number of hydrogen-bond donors (Lipinski definition) is 2. The summed E-state index contributed by atoms with van der Waals surface area (Å²) in [5.41, 5.74) is 3.43. The third kappa shape index (κ3) is 2.19. The van der Waals surface area contributed by atoms with Crippen LogP contribution in [0.25, 0.3) is 33.7 Å². The fraction of sp³-hybridized carbons (Fsp3) is 0. The van der Waals surface area contributed by atoms with Crippen LogP contribution < -0.4 is 0 Å². The summed E-state index contributed by atoms with van der Waals surface area (Å²) in [6.45, 7) is 0. The molecule has 0 amide bonds. The zero-order chi connectivity index (χ0) is 14.9. The molecule has 0 unspecified atom stereocenters. The number of fused-ring (bicyclic) bond motifs is 1. The van der Waals surface area contributed by atoms with Crippen LogP contribution in [0, 0.1) is 4.77 Å². The third-order valence-corrected chi connectivity index (χ3v) is 3.59. The lowest BCUT2D eigenvalue weighted by molar-refractivity contribution is 1.08. The van der Waals surface area contributed by atoms with Crippen molar-refractivity contribution < 1.29 is 0 Å². The molecular formula is C16H11N5S. The number of nitrogens with zero attached hydrogens (tertiary/aromatic N) is 3. The van der Waals surface area contributed by atoms with Crippen molar-refractivity contribution in [1.29, 1.82) is 0 Å². The highest BCUT2D eigenvalue weighted by Gasteiger charge is 2.13. The highest BCUT2D eigenvalue weighted by Crippen LogP contribution is 2.30. The predicted molar refractivity (Wildman–Crippen MR) is 87.7 cm³/mol. The maximum Gasteiger partial charge on any atom is 0.213 e. The molecule has 0 saturated carbocycles. The van der Waals surface area contributed by atoms with Gasteiger partial charge in [0.05, 0.1) is 5.69 Å². The molecule has 4 rings (SSSR count). The first-order valence-corrected chi connectivity index (χ1v) is 7.18. The molecule has 0 aliphatic carbocycles. The van der Waals surface area contributed by atoms with Crippen LogP contribution in [0.1, 0.15) is 0 Å². The normalized spacial score (nSPS) is 10.9. The van der Waals surface area contributed by atoms with Gasteiger partial charge in [-0.3, -0.25) is 10.2 Å². The van der Waals surface area contributed by atoms with E-state index in [1.165, 1.54) is 0 Å². The smallest absolute Gasteiger partial charge is 0.213 e. The van der Waals surface area contributed by atoms with Gasteiger partial charge in [0, 0.05) is 22.7 Å². The van der Waals surface area contributed by atoms with Gasteiger partial charge >= 0.3 is 0 Å². The van der Waals surface area contributed by atoms with Crippen LogP contribution in [0.5, 0.6) is 0 Å². The van der Waals surface area contributed by atoms with E-state index in [0.717, 1.165) is 22.2 Å². The van der Waals surface area contributed by atoms with Gasteiger partial charge in [-0.15, -0.1) is 0 Å². The fourth-order valence-corrected chi connectivity index (χ4v) is 2.54. The van der Waals surface area contributed by atoms with Crippen LogP contribution in [0.4, 0.5) is 0 Å². The van der Waals surface area contributed by atoms with Crippen molar-refractivity contribution in [2.75, 3.05) is 0 Å². The van der Waals surface area contributed by atoms with Gasteiger partial charge in [0.15, 0.2) is 11.5 Å². The predicted octanol–water partition coefficient (Wildman–Crippen LogP) is 3.74. The molecular weight excluding hydrogens is 294 g/mol. The van der Waals surface area contributed by atoms with E-state index < -0.39 is 0 Å². The van der Waals surface area contributed by atoms with Gasteiger partial charge in [-0.05, 0) is 30.4 Å². The SMILES string of the molecule is S=c1nc(-c2cc3cccnc3nc2-c2ccccc2)[nH][nH]1. The summed E-state index contributed by atoms with van der Waals surface area (Å²) >= 11 is 5.06. The molecule has 0 spiro atoms. The van der Waals surface area contributed by atoms with Gasteiger partial charge in [0.25, 0.3) is 0 Å². The third-order valence-electron chi connectivity index (χ3n) is 3.39. The minimum Gasteiger partial charge on any atom is -0.282 e. The summed E-state index contributed by atoms with van der Waals surface area (Å²) < 4.78 is 0.417. The zero-order valence-electron chi connectivity index (χ0n) is 11.4. The molecule has 106 valence electrons. The van der Waals surface area contributed by atoms with Crippen LogP contribution in [-0.2, 0) is 0 Å². The molecule has 0 aliphatic rings. The number of benzene rings is 1. The summed E-state index contributed by atoms with van der Waals surface area (Å²) in [5.74, 6) is 0.669. The fourth-order valence-electron chi connectivity index (χ4n) is 2.40. The maximum absolute atomic E-state index is 5.06. The lowest BCUT2D eigenvalue weighted by Gasteiger charge is -2.08. The minimum absolute atomic E-state index is 0.417. The molecule has 6 heteroatoms. The lowest BCUT2D eigenvalue weighted by atomic mass is 10.0. The van der Waals surface area contributed by atoms with Crippen molar-refractivity contribution in [3.05, 3.63) is 59.5 Å². The minimum atomic E-state index is 0.417. The van der Waals surface area contributed by atoms with E-state index in [1.807, 2.05) is 48.5 Å². The first-order valence-electron chi connectivity index (χ1n) is 6.77. The Morgan fingerprint density at radius 3 is 2.55 bits per heavy atom. The van der Waals surface area contributed by atoms with Crippen molar-refractivity contribution in [3.8, 4) is 22.6 Å². The summed E-state index contributed by atoms with van der Waals surface area (Å²) in [6, 6.07) is 15.9. The molecule has 0 aliphatic heterocycles. The molecule has 3 heterocycles. The summed E-state index contributed by atoms with van der Waals surface area (Å²) in [6.07, 6.45) is 1.74. The van der Waals surface area contributed by atoms with E-state index in [4.69, 9.17) is 17.2 Å². The van der Waals surface area contributed by atoms with E-state index >= 15 is 0 Å². The Bertz CT molecular complexity index is 1000. The Morgan fingerprint density at radius 2 is 1.77 bits per heavy atom. The van der Waals surface area contributed by atoms with Crippen LogP contribution in [0.2, 0.25) is 0 Å². The number of aromatic amines is 2. The second-order valence-electron chi connectivity index (χ2n) is 4.82. The summed E-state index contributed by atoms with van der Waals surface area (Å²) in [7, 11) is 0. The van der Waals surface area contributed by atoms with Crippen LogP contribution in [0.3, 0.4) is 0 Å². The largest absolute Gasteiger partial charge is 0.282 e. The molecule has 1 aromatic carbocycles. The first-order chi connectivity index (χ1) is 10.8. The molecule has 0 radical (unpaired) electrons. The van der Waals surface area contributed by atoms with Gasteiger partial charge in [0.2, 0.25) is 4.77 Å². The number of H-pyrrole nitrogens is 2. The Labute approximate surface area is 131 Å². The van der Waals surface area contributed by atoms with E-state index in [0.29, 0.717) is 16.2 Å². The van der Waals surface area contributed by atoms with Gasteiger partial charge < -0.3 is 0 Å². The molecule has 0 atom stereocenters. The Hall–Kier alpha value is -2.86. The summed E-state index contributed by atoms with van der Waals surface area (Å²) in [4.78, 5) is 13.4. The topological polar surface area (TPSA) is 70.2 Å². The molecule has 22 heavy (non-hydrogen) atoms. The number of nitrogens with one attached hydrogen (secondary N) is 2. The average Bonchev–Trinajstić information content (AvgIpc) is 3.01. The number of aromatic nitrogens is 5. The number of rotatable bonds is 2. The lowest BCUT2D eigenvalue weighted by Crippen LogP contribution is -1.94. The van der Waals surface area contributed by atoms with Gasteiger partial charge in [-0.2, -0.15) is 4.98 Å². The van der Waals surface area contributed by atoms with Gasteiger partial charge in [-0.1, -0.05) is 30.3 Å². The van der Waals surface area contributed by atoms with E-state index in [-0.39, 0.29) is 0 Å². The molecule has 0 bridgehead atoms. The molecule has 5 nitrogen and oxygen atoms in total. The van der Waals surface area contributed by atoms with E-state index in [1.54, 1.807) is 6.20 Å². The second kappa shape index (κ2) is 5.16. The van der Waals surface area contributed by atoms with Crippen molar-refractivity contribution in [2.45, 2.75) is 0 Å². The standard InChI is InChI=1S/C16H11N5S/c22-16-19-15(20-21-16)12-9-11-7-4-8-17-14(11)18-13(12)10-5-2-1-3-6-10/h1-9H,(H2,19,20,21,22). The van der Waals surface area contributed by atoms with Crippen molar-refractivity contribution in [1.82, 2.24) is 25.1 Å². The van der Waals surface area contributed by atoms with Crippen LogP contribution >= 0.6 is 12.2 Å². The Morgan fingerprint density at radius 1 is 0.909 bits per heavy atom. The van der Waals surface area contributed by atoms with E-state index in [9.17, 15) is 0 Å². The molecule has 0 fully saturated rings. The van der Waals surface area contributed by atoms with Crippen molar-refractivity contribution >= 4 is 23.3 Å². The van der Waals surface area contributed by atoms with Gasteiger partial charge in [0.1, 0.15) is 0 Å². The van der Waals surface area contributed by atoms with Crippen molar-refractivity contribution in [2.24, 2.45) is 0 Å². The molecule has 3 aromatic heterocycles. The maximum atomic E-state index is 5.06. The molecule has 4 aromatic rings. The molecule has 2 N–H and O–H groups in total.